The summed E-state index contributed by atoms with van der Waals surface area (Å²) in [4.78, 5) is 0. The standard InChI is InChI=1S/C14H21NO/c1-11(12-7-8-12)15-14(9-10-16)13-5-3-2-4-6-13/h2-6,11-12,14-16H,7-10H2,1H3/t11?,14-/m1/s1. The molecule has 2 rings (SSSR count). The molecule has 0 aliphatic heterocycles. The average molecular weight is 219 g/mol. The zero-order valence-corrected chi connectivity index (χ0v) is 9.89. The molecule has 1 saturated carbocycles. The minimum atomic E-state index is 0.240. The van der Waals surface area contributed by atoms with E-state index in [0.717, 1.165) is 12.3 Å². The third-order valence-electron chi connectivity index (χ3n) is 3.41. The number of hydrogen-bond donors (Lipinski definition) is 2. The smallest absolute Gasteiger partial charge is 0.0449 e. The molecule has 0 bridgehead atoms. The summed E-state index contributed by atoms with van der Waals surface area (Å²) >= 11 is 0. The molecule has 0 amide bonds. The fourth-order valence-electron chi connectivity index (χ4n) is 2.21. The molecular formula is C14H21NO. The topological polar surface area (TPSA) is 32.3 Å². The highest BCUT2D eigenvalue weighted by Crippen LogP contribution is 2.33. The van der Waals surface area contributed by atoms with Crippen molar-refractivity contribution in [2.75, 3.05) is 6.61 Å². The Morgan fingerprint density at radius 3 is 2.56 bits per heavy atom. The first-order chi connectivity index (χ1) is 7.81. The van der Waals surface area contributed by atoms with Crippen molar-refractivity contribution in [2.24, 2.45) is 5.92 Å². The molecule has 1 fully saturated rings. The van der Waals surface area contributed by atoms with Gasteiger partial charge in [-0.2, -0.15) is 0 Å². The van der Waals surface area contributed by atoms with Gasteiger partial charge < -0.3 is 10.4 Å². The first-order valence-electron chi connectivity index (χ1n) is 6.23. The second-order valence-corrected chi connectivity index (χ2v) is 4.77. The molecule has 2 heteroatoms. The molecule has 2 nitrogen and oxygen atoms in total. The summed E-state index contributed by atoms with van der Waals surface area (Å²) < 4.78 is 0. The Labute approximate surface area is 97.7 Å². The van der Waals surface area contributed by atoms with Gasteiger partial charge in [-0.1, -0.05) is 30.3 Å². The fourth-order valence-corrected chi connectivity index (χ4v) is 2.21. The van der Waals surface area contributed by atoms with Crippen LogP contribution in [0.25, 0.3) is 0 Å². The van der Waals surface area contributed by atoms with E-state index in [1.54, 1.807) is 0 Å². The Balaban J connectivity index is 1.98. The van der Waals surface area contributed by atoms with Crippen LogP contribution in [0.1, 0.15) is 37.8 Å². The van der Waals surface area contributed by atoms with Crippen molar-refractivity contribution in [2.45, 2.75) is 38.3 Å². The number of benzene rings is 1. The number of aliphatic hydroxyl groups is 1. The van der Waals surface area contributed by atoms with Crippen LogP contribution in [0.3, 0.4) is 0 Å². The second-order valence-electron chi connectivity index (χ2n) is 4.77. The Bertz CT molecular complexity index is 308. The van der Waals surface area contributed by atoms with Crippen LogP contribution < -0.4 is 5.32 Å². The highest BCUT2D eigenvalue weighted by molar-refractivity contribution is 5.19. The first kappa shape index (κ1) is 11.6. The van der Waals surface area contributed by atoms with Gasteiger partial charge in [0.1, 0.15) is 0 Å². The lowest BCUT2D eigenvalue weighted by Crippen LogP contribution is -2.32. The molecule has 2 atom stereocenters. The van der Waals surface area contributed by atoms with Crippen LogP contribution in [-0.4, -0.2) is 17.8 Å². The summed E-state index contributed by atoms with van der Waals surface area (Å²) in [6.45, 7) is 2.49. The van der Waals surface area contributed by atoms with Crippen LogP contribution in [0.15, 0.2) is 30.3 Å². The van der Waals surface area contributed by atoms with E-state index in [0.29, 0.717) is 12.1 Å². The van der Waals surface area contributed by atoms with Crippen molar-refractivity contribution in [3.63, 3.8) is 0 Å². The molecule has 1 aromatic rings. The van der Waals surface area contributed by atoms with Gasteiger partial charge in [-0.15, -0.1) is 0 Å². The van der Waals surface area contributed by atoms with Crippen molar-refractivity contribution < 1.29 is 5.11 Å². The predicted molar refractivity (Wildman–Crippen MR) is 66.2 cm³/mol. The predicted octanol–water partition coefficient (Wildman–Crippen LogP) is 2.50. The molecule has 88 valence electrons. The molecule has 0 saturated heterocycles. The van der Waals surface area contributed by atoms with E-state index in [9.17, 15) is 0 Å². The Morgan fingerprint density at radius 1 is 1.31 bits per heavy atom. The number of hydrogen-bond acceptors (Lipinski definition) is 2. The molecular weight excluding hydrogens is 198 g/mol. The molecule has 0 radical (unpaired) electrons. The van der Waals surface area contributed by atoms with E-state index < -0.39 is 0 Å². The Kier molecular flexibility index (Phi) is 3.97. The first-order valence-corrected chi connectivity index (χ1v) is 6.23. The molecule has 0 spiro atoms. The molecule has 1 aliphatic carbocycles. The molecule has 1 unspecified atom stereocenters. The van der Waals surface area contributed by atoms with Gasteiger partial charge in [-0.05, 0) is 37.7 Å². The number of aliphatic hydroxyl groups excluding tert-OH is 1. The average Bonchev–Trinajstić information content (AvgIpc) is 3.13. The zero-order chi connectivity index (χ0) is 11.4. The summed E-state index contributed by atoms with van der Waals surface area (Å²) in [5, 5.41) is 12.8. The van der Waals surface area contributed by atoms with Crippen LogP contribution in [0.4, 0.5) is 0 Å². The molecule has 1 aliphatic rings. The van der Waals surface area contributed by atoms with Gasteiger partial charge in [0.15, 0.2) is 0 Å². The van der Waals surface area contributed by atoms with Crippen molar-refractivity contribution in [1.82, 2.24) is 5.32 Å². The van der Waals surface area contributed by atoms with Crippen LogP contribution in [0, 0.1) is 5.92 Å². The maximum absolute atomic E-state index is 9.13. The van der Waals surface area contributed by atoms with Crippen molar-refractivity contribution in [3.05, 3.63) is 35.9 Å². The van der Waals surface area contributed by atoms with E-state index in [2.05, 4.69) is 36.5 Å². The summed E-state index contributed by atoms with van der Waals surface area (Å²) in [6, 6.07) is 11.3. The van der Waals surface area contributed by atoms with Crippen LogP contribution >= 0.6 is 0 Å². The highest BCUT2D eigenvalue weighted by atomic mass is 16.3. The van der Waals surface area contributed by atoms with Gasteiger partial charge >= 0.3 is 0 Å². The lowest BCUT2D eigenvalue weighted by molar-refractivity contribution is 0.257. The summed E-state index contributed by atoms with van der Waals surface area (Å²) in [5.74, 6) is 0.852. The van der Waals surface area contributed by atoms with Crippen LogP contribution in [-0.2, 0) is 0 Å². The Morgan fingerprint density at radius 2 is 2.00 bits per heavy atom. The van der Waals surface area contributed by atoms with Gasteiger partial charge in [-0.25, -0.2) is 0 Å². The van der Waals surface area contributed by atoms with Crippen molar-refractivity contribution >= 4 is 0 Å². The van der Waals surface area contributed by atoms with Gasteiger partial charge in [0.2, 0.25) is 0 Å². The molecule has 2 N–H and O–H groups in total. The van der Waals surface area contributed by atoms with Crippen LogP contribution in [0.2, 0.25) is 0 Å². The summed E-state index contributed by atoms with van der Waals surface area (Å²) in [7, 11) is 0. The van der Waals surface area contributed by atoms with Gasteiger partial charge in [-0.3, -0.25) is 0 Å². The normalized spacial score (nSPS) is 19.4. The maximum atomic E-state index is 9.13. The van der Waals surface area contributed by atoms with E-state index in [-0.39, 0.29) is 6.61 Å². The molecule has 0 heterocycles. The third kappa shape index (κ3) is 3.06. The monoisotopic (exact) mass is 219 g/mol. The molecule has 16 heavy (non-hydrogen) atoms. The highest BCUT2D eigenvalue weighted by Gasteiger charge is 2.29. The molecule has 1 aromatic carbocycles. The van der Waals surface area contributed by atoms with Crippen molar-refractivity contribution in [3.8, 4) is 0 Å². The van der Waals surface area contributed by atoms with E-state index >= 15 is 0 Å². The van der Waals surface area contributed by atoms with E-state index in [1.165, 1.54) is 18.4 Å². The largest absolute Gasteiger partial charge is 0.396 e. The summed E-state index contributed by atoms with van der Waals surface area (Å²) in [6.07, 6.45) is 3.50. The summed E-state index contributed by atoms with van der Waals surface area (Å²) in [5.41, 5.74) is 1.28. The minimum Gasteiger partial charge on any atom is -0.396 e. The lowest BCUT2D eigenvalue weighted by Gasteiger charge is -2.23. The van der Waals surface area contributed by atoms with Crippen molar-refractivity contribution in [1.29, 1.82) is 0 Å². The second kappa shape index (κ2) is 5.46. The number of rotatable bonds is 6. The third-order valence-corrected chi connectivity index (χ3v) is 3.41. The number of nitrogens with one attached hydrogen (secondary N) is 1. The van der Waals surface area contributed by atoms with Gasteiger partial charge in [0, 0.05) is 18.7 Å². The van der Waals surface area contributed by atoms with Gasteiger partial charge in [0.05, 0.1) is 0 Å². The lowest BCUT2D eigenvalue weighted by atomic mass is 10.0. The Hall–Kier alpha value is -0.860. The van der Waals surface area contributed by atoms with E-state index in [1.807, 2.05) is 6.07 Å². The minimum absolute atomic E-state index is 0.240. The fraction of sp³-hybridized carbons (Fsp3) is 0.571. The SMILES string of the molecule is CC(N[C@H](CCO)c1ccccc1)C1CC1. The van der Waals surface area contributed by atoms with E-state index in [4.69, 9.17) is 5.11 Å². The molecule has 0 aromatic heterocycles. The quantitative estimate of drug-likeness (QED) is 0.770. The maximum Gasteiger partial charge on any atom is 0.0449 e. The van der Waals surface area contributed by atoms with Crippen LogP contribution in [0.5, 0.6) is 0 Å². The van der Waals surface area contributed by atoms with Gasteiger partial charge in [0.25, 0.3) is 0 Å². The zero-order valence-electron chi connectivity index (χ0n) is 9.89.